The number of carbonyl (C=O) groups excluding carboxylic acids is 1. The van der Waals surface area contributed by atoms with Gasteiger partial charge in [-0.3, -0.25) is 0 Å². The van der Waals surface area contributed by atoms with E-state index < -0.39 is 5.97 Å². The van der Waals surface area contributed by atoms with Crippen LogP contribution in [0.2, 0.25) is 0 Å². The highest BCUT2D eigenvalue weighted by Gasteiger charge is 2.28. The van der Waals surface area contributed by atoms with Crippen LogP contribution in [0.3, 0.4) is 0 Å². The molecular formula is C16H22N2O4. The highest BCUT2D eigenvalue weighted by atomic mass is 16.5. The normalized spacial score (nSPS) is 20.6. The van der Waals surface area contributed by atoms with Gasteiger partial charge in [0.05, 0.1) is 17.7 Å². The molecular weight excluding hydrogens is 284 g/mol. The van der Waals surface area contributed by atoms with Crippen LogP contribution >= 0.6 is 0 Å². The first-order valence-corrected chi connectivity index (χ1v) is 7.58. The van der Waals surface area contributed by atoms with E-state index in [-0.39, 0.29) is 23.7 Å². The Morgan fingerprint density at radius 3 is 2.64 bits per heavy atom. The first-order valence-electron chi connectivity index (χ1n) is 7.58. The summed E-state index contributed by atoms with van der Waals surface area (Å²) in [5.41, 5.74) is 1.09. The summed E-state index contributed by atoms with van der Waals surface area (Å²) in [7, 11) is 0. The van der Waals surface area contributed by atoms with Crippen molar-refractivity contribution in [3.05, 3.63) is 35.4 Å². The number of rotatable bonds is 6. The quantitative estimate of drug-likeness (QED) is 0.751. The molecule has 1 fully saturated rings. The van der Waals surface area contributed by atoms with Crippen LogP contribution in [0.5, 0.6) is 0 Å². The molecule has 1 aliphatic carbocycles. The van der Waals surface area contributed by atoms with Crippen LogP contribution in [-0.4, -0.2) is 35.9 Å². The van der Waals surface area contributed by atoms with E-state index in [0.717, 1.165) is 24.8 Å². The largest absolute Gasteiger partial charge is 0.478 e. The van der Waals surface area contributed by atoms with Gasteiger partial charge in [0.2, 0.25) is 0 Å². The summed E-state index contributed by atoms with van der Waals surface area (Å²) in [5, 5.41) is 14.6. The Bertz CT molecular complexity index is 515. The SMILES string of the molecule is CCO[C@@H]1CCC[C@H]1NC(=O)NCc1ccc(C(=O)O)cc1. The Morgan fingerprint density at radius 2 is 2.00 bits per heavy atom. The van der Waals surface area contributed by atoms with Gasteiger partial charge in [0.1, 0.15) is 0 Å². The van der Waals surface area contributed by atoms with E-state index in [2.05, 4.69) is 10.6 Å². The molecule has 0 unspecified atom stereocenters. The van der Waals surface area contributed by atoms with Crippen molar-refractivity contribution in [2.24, 2.45) is 0 Å². The fourth-order valence-corrected chi connectivity index (χ4v) is 2.67. The summed E-state index contributed by atoms with van der Waals surface area (Å²) in [6.07, 6.45) is 3.08. The molecule has 0 aromatic heterocycles. The van der Waals surface area contributed by atoms with Gasteiger partial charge >= 0.3 is 12.0 Å². The number of benzene rings is 1. The lowest BCUT2D eigenvalue weighted by Crippen LogP contribution is -2.45. The molecule has 1 aromatic rings. The zero-order valence-electron chi connectivity index (χ0n) is 12.7. The van der Waals surface area contributed by atoms with Gasteiger partial charge in [-0.15, -0.1) is 0 Å². The molecule has 1 aliphatic rings. The second-order valence-corrected chi connectivity index (χ2v) is 5.36. The Labute approximate surface area is 129 Å². The molecule has 6 nitrogen and oxygen atoms in total. The summed E-state index contributed by atoms with van der Waals surface area (Å²) in [4.78, 5) is 22.7. The molecule has 2 amide bonds. The summed E-state index contributed by atoms with van der Waals surface area (Å²) >= 11 is 0. The Morgan fingerprint density at radius 1 is 1.27 bits per heavy atom. The molecule has 22 heavy (non-hydrogen) atoms. The number of carboxylic acid groups (broad SMARTS) is 1. The third kappa shape index (κ3) is 4.46. The van der Waals surface area contributed by atoms with E-state index in [0.29, 0.717) is 13.2 Å². The molecule has 0 spiro atoms. The highest BCUT2D eigenvalue weighted by molar-refractivity contribution is 5.87. The lowest BCUT2D eigenvalue weighted by atomic mass is 10.1. The minimum Gasteiger partial charge on any atom is -0.478 e. The molecule has 0 saturated heterocycles. The number of hydrogen-bond donors (Lipinski definition) is 3. The first-order chi connectivity index (χ1) is 10.6. The van der Waals surface area contributed by atoms with Crippen LogP contribution in [0.4, 0.5) is 4.79 Å². The molecule has 0 heterocycles. The summed E-state index contributed by atoms with van der Waals surface area (Å²) in [6.45, 7) is 2.97. The summed E-state index contributed by atoms with van der Waals surface area (Å²) in [6, 6.07) is 6.29. The predicted octanol–water partition coefficient (Wildman–Crippen LogP) is 2.14. The third-order valence-electron chi connectivity index (χ3n) is 3.80. The minimum atomic E-state index is -0.958. The van der Waals surface area contributed by atoms with Gasteiger partial charge in [0, 0.05) is 13.2 Å². The second-order valence-electron chi connectivity index (χ2n) is 5.36. The molecule has 0 radical (unpaired) electrons. The van der Waals surface area contributed by atoms with Crippen LogP contribution in [-0.2, 0) is 11.3 Å². The maximum atomic E-state index is 11.9. The molecule has 2 atom stereocenters. The van der Waals surface area contributed by atoms with Gasteiger partial charge in [-0.05, 0) is 43.9 Å². The van der Waals surface area contributed by atoms with Crippen LogP contribution in [0, 0.1) is 0 Å². The van der Waals surface area contributed by atoms with E-state index >= 15 is 0 Å². The second kappa shape index (κ2) is 7.79. The van der Waals surface area contributed by atoms with Crippen molar-refractivity contribution in [3.8, 4) is 0 Å². The standard InChI is InChI=1S/C16H22N2O4/c1-2-22-14-5-3-4-13(14)18-16(21)17-10-11-6-8-12(9-7-11)15(19)20/h6-9,13-14H,2-5,10H2,1H3,(H,19,20)(H2,17,18,21)/t13-,14-/m1/s1. The molecule has 0 aliphatic heterocycles. The van der Waals surface area contributed by atoms with Crippen LogP contribution in [0.1, 0.15) is 42.1 Å². The zero-order valence-corrected chi connectivity index (χ0v) is 12.7. The highest BCUT2D eigenvalue weighted by Crippen LogP contribution is 2.21. The number of hydrogen-bond acceptors (Lipinski definition) is 3. The molecule has 3 N–H and O–H groups in total. The molecule has 0 bridgehead atoms. The molecule has 2 rings (SSSR count). The third-order valence-corrected chi connectivity index (χ3v) is 3.80. The van der Waals surface area contributed by atoms with Gasteiger partial charge < -0.3 is 20.5 Å². The Balaban J connectivity index is 1.78. The van der Waals surface area contributed by atoms with Crippen molar-refractivity contribution in [1.82, 2.24) is 10.6 Å². The topological polar surface area (TPSA) is 87.7 Å². The Kier molecular flexibility index (Phi) is 5.77. The average molecular weight is 306 g/mol. The Hall–Kier alpha value is -2.08. The van der Waals surface area contributed by atoms with E-state index in [1.807, 2.05) is 6.92 Å². The minimum absolute atomic E-state index is 0.0642. The summed E-state index contributed by atoms with van der Waals surface area (Å²) in [5.74, 6) is -0.958. The molecule has 1 saturated carbocycles. The number of amides is 2. The van der Waals surface area contributed by atoms with Crippen molar-refractivity contribution < 1.29 is 19.4 Å². The number of nitrogens with one attached hydrogen (secondary N) is 2. The van der Waals surface area contributed by atoms with Gasteiger partial charge in [-0.2, -0.15) is 0 Å². The first kappa shape index (κ1) is 16.3. The van der Waals surface area contributed by atoms with Gasteiger partial charge in [-0.1, -0.05) is 12.1 Å². The molecule has 120 valence electrons. The van der Waals surface area contributed by atoms with E-state index in [4.69, 9.17) is 9.84 Å². The number of carbonyl (C=O) groups is 2. The lowest BCUT2D eigenvalue weighted by molar-refractivity contribution is 0.0511. The maximum absolute atomic E-state index is 11.9. The smallest absolute Gasteiger partial charge is 0.335 e. The van der Waals surface area contributed by atoms with Crippen LogP contribution in [0.25, 0.3) is 0 Å². The number of ether oxygens (including phenoxy) is 1. The molecule has 1 aromatic carbocycles. The van der Waals surface area contributed by atoms with Crippen molar-refractivity contribution in [2.45, 2.75) is 44.9 Å². The van der Waals surface area contributed by atoms with E-state index in [1.165, 1.54) is 12.1 Å². The fourth-order valence-electron chi connectivity index (χ4n) is 2.67. The van der Waals surface area contributed by atoms with E-state index in [1.54, 1.807) is 12.1 Å². The van der Waals surface area contributed by atoms with Crippen molar-refractivity contribution >= 4 is 12.0 Å². The van der Waals surface area contributed by atoms with Crippen molar-refractivity contribution in [1.29, 1.82) is 0 Å². The maximum Gasteiger partial charge on any atom is 0.335 e. The predicted molar refractivity (Wildman–Crippen MR) is 81.8 cm³/mol. The van der Waals surface area contributed by atoms with Crippen LogP contribution in [0.15, 0.2) is 24.3 Å². The fraction of sp³-hybridized carbons (Fsp3) is 0.500. The van der Waals surface area contributed by atoms with Gasteiger partial charge in [0.15, 0.2) is 0 Å². The van der Waals surface area contributed by atoms with Crippen molar-refractivity contribution in [2.75, 3.05) is 6.61 Å². The molecule has 6 heteroatoms. The average Bonchev–Trinajstić information content (AvgIpc) is 2.93. The monoisotopic (exact) mass is 306 g/mol. The number of urea groups is 1. The van der Waals surface area contributed by atoms with Gasteiger partial charge in [-0.25, -0.2) is 9.59 Å². The lowest BCUT2D eigenvalue weighted by Gasteiger charge is -2.21. The zero-order chi connectivity index (χ0) is 15.9. The number of aromatic carboxylic acids is 1. The number of carboxylic acids is 1. The van der Waals surface area contributed by atoms with Crippen LogP contribution < -0.4 is 10.6 Å². The summed E-state index contributed by atoms with van der Waals surface area (Å²) < 4.78 is 5.62. The van der Waals surface area contributed by atoms with Crippen molar-refractivity contribution in [3.63, 3.8) is 0 Å². The van der Waals surface area contributed by atoms with Gasteiger partial charge in [0.25, 0.3) is 0 Å². The van der Waals surface area contributed by atoms with E-state index in [9.17, 15) is 9.59 Å².